The number of esters is 1. The molecule has 1 aromatic carbocycles. The summed E-state index contributed by atoms with van der Waals surface area (Å²) in [7, 11) is 1.23. The highest BCUT2D eigenvalue weighted by Gasteiger charge is 2.28. The molecular weight excluding hydrogens is 332 g/mol. The van der Waals surface area contributed by atoms with Crippen LogP contribution in [0.4, 0.5) is 5.69 Å². The predicted molar refractivity (Wildman–Crippen MR) is 93.4 cm³/mol. The number of anilines is 1. The summed E-state index contributed by atoms with van der Waals surface area (Å²) < 4.78 is 37.4. The Kier molecular flexibility index (Phi) is 7.04. The summed E-state index contributed by atoms with van der Waals surface area (Å²) in [5.41, 5.74) is 0.555. The van der Waals surface area contributed by atoms with Crippen LogP contribution in [-0.4, -0.2) is 59.6 Å². The van der Waals surface area contributed by atoms with E-state index in [4.69, 9.17) is 9.47 Å². The number of benzene rings is 1. The molecule has 0 saturated heterocycles. The minimum Gasteiger partial charge on any atom is -0.493 e. The molecule has 0 spiro atoms. The van der Waals surface area contributed by atoms with E-state index in [2.05, 4.69) is 0 Å². The summed E-state index contributed by atoms with van der Waals surface area (Å²) in [5.74, 6) is -0.306. The number of hydrogen-bond donors (Lipinski definition) is 0. The van der Waals surface area contributed by atoms with Gasteiger partial charge in [-0.1, -0.05) is 6.92 Å². The van der Waals surface area contributed by atoms with Gasteiger partial charge in [0.15, 0.2) is 0 Å². The van der Waals surface area contributed by atoms with Gasteiger partial charge >= 0.3 is 5.97 Å². The van der Waals surface area contributed by atoms with Crippen molar-refractivity contribution in [3.05, 3.63) is 17.7 Å². The van der Waals surface area contributed by atoms with E-state index in [1.807, 2.05) is 0 Å². The van der Waals surface area contributed by atoms with Crippen LogP contribution in [0, 0.1) is 0 Å². The molecule has 0 atom stereocenters. The maximum Gasteiger partial charge on any atom is 0.341 e. The van der Waals surface area contributed by atoms with Crippen LogP contribution in [0.5, 0.6) is 5.75 Å². The molecule has 0 aliphatic rings. The van der Waals surface area contributed by atoms with Crippen molar-refractivity contribution in [2.45, 2.75) is 25.7 Å². The number of rotatable bonds is 8. The van der Waals surface area contributed by atoms with Gasteiger partial charge < -0.3 is 14.4 Å². The third-order valence-corrected chi connectivity index (χ3v) is 5.43. The lowest BCUT2D eigenvalue weighted by Gasteiger charge is -2.23. The fourth-order valence-corrected chi connectivity index (χ4v) is 3.53. The summed E-state index contributed by atoms with van der Waals surface area (Å²) in [6, 6.07) is 2.89. The number of nitrogens with zero attached hydrogens (tertiary/aromatic N) is 2. The molecule has 0 heterocycles. The number of carbonyl (C=O) groups is 1. The average Bonchev–Trinajstić information content (AvgIpc) is 2.53. The lowest BCUT2D eigenvalue weighted by molar-refractivity contribution is 0.0521. The van der Waals surface area contributed by atoms with E-state index in [9.17, 15) is 13.2 Å². The van der Waals surface area contributed by atoms with Crippen molar-refractivity contribution in [1.82, 2.24) is 4.31 Å². The van der Waals surface area contributed by atoms with Crippen LogP contribution < -0.4 is 9.64 Å². The molecule has 136 valence electrons. The Hall–Kier alpha value is -1.80. The molecular formula is C16H26N2O5S. The second-order valence-electron chi connectivity index (χ2n) is 5.28. The van der Waals surface area contributed by atoms with Gasteiger partial charge in [0, 0.05) is 33.8 Å². The smallest absolute Gasteiger partial charge is 0.341 e. The molecule has 0 bridgehead atoms. The largest absolute Gasteiger partial charge is 0.493 e. The van der Waals surface area contributed by atoms with Crippen LogP contribution >= 0.6 is 0 Å². The van der Waals surface area contributed by atoms with Gasteiger partial charge in [-0.15, -0.1) is 0 Å². The molecule has 0 aromatic heterocycles. The van der Waals surface area contributed by atoms with Gasteiger partial charge in [0.2, 0.25) is 10.0 Å². The monoisotopic (exact) mass is 358 g/mol. The maximum absolute atomic E-state index is 12.8. The topological polar surface area (TPSA) is 76.2 Å². The molecule has 0 unspecified atom stereocenters. The van der Waals surface area contributed by atoms with E-state index < -0.39 is 16.0 Å². The Morgan fingerprint density at radius 1 is 1.08 bits per heavy atom. The van der Waals surface area contributed by atoms with Gasteiger partial charge in [-0.3, -0.25) is 0 Å². The Balaban J connectivity index is 3.68. The summed E-state index contributed by atoms with van der Waals surface area (Å²) in [6.45, 7) is 6.08. The highest BCUT2D eigenvalue weighted by atomic mass is 32.2. The first-order chi connectivity index (χ1) is 11.2. The molecule has 24 heavy (non-hydrogen) atoms. The van der Waals surface area contributed by atoms with Gasteiger partial charge in [0.05, 0.1) is 18.9 Å². The third kappa shape index (κ3) is 4.18. The number of sulfonamides is 1. The lowest BCUT2D eigenvalue weighted by Crippen LogP contribution is -2.28. The fourth-order valence-electron chi connectivity index (χ4n) is 2.09. The first-order valence-electron chi connectivity index (χ1n) is 7.82. The van der Waals surface area contributed by atoms with Gasteiger partial charge in [-0.25, -0.2) is 17.5 Å². The molecule has 0 N–H and O–H groups in total. The van der Waals surface area contributed by atoms with E-state index in [1.165, 1.54) is 17.4 Å². The Labute approximate surface area is 144 Å². The quantitative estimate of drug-likeness (QED) is 0.661. The highest BCUT2D eigenvalue weighted by Crippen LogP contribution is 2.34. The number of hydrogen-bond acceptors (Lipinski definition) is 6. The minimum atomic E-state index is -3.74. The highest BCUT2D eigenvalue weighted by molar-refractivity contribution is 7.89. The summed E-state index contributed by atoms with van der Waals surface area (Å²) >= 11 is 0. The van der Waals surface area contributed by atoms with E-state index in [0.29, 0.717) is 24.6 Å². The van der Waals surface area contributed by atoms with Gasteiger partial charge in [0.1, 0.15) is 16.2 Å². The van der Waals surface area contributed by atoms with Gasteiger partial charge in [-0.05, 0) is 19.9 Å². The van der Waals surface area contributed by atoms with Crippen molar-refractivity contribution in [3.63, 3.8) is 0 Å². The molecule has 0 fully saturated rings. The van der Waals surface area contributed by atoms with Crippen LogP contribution in [0.1, 0.15) is 31.1 Å². The van der Waals surface area contributed by atoms with Crippen molar-refractivity contribution in [2.75, 3.05) is 45.8 Å². The number of carbonyl (C=O) groups excluding carboxylic acids is 1. The van der Waals surface area contributed by atoms with Crippen molar-refractivity contribution in [1.29, 1.82) is 0 Å². The third-order valence-electron chi connectivity index (χ3n) is 3.47. The SMILES string of the molecule is CCOC(=O)c1cc(S(=O)(=O)N(C)CC)c(N(C)C)cc1OCC. The van der Waals surface area contributed by atoms with Crippen LogP contribution in [0.2, 0.25) is 0 Å². The zero-order valence-electron chi connectivity index (χ0n) is 15.1. The zero-order chi connectivity index (χ0) is 18.5. The van der Waals surface area contributed by atoms with Crippen molar-refractivity contribution < 1.29 is 22.7 Å². The standard InChI is InChI=1S/C16H26N2O5S/c1-7-18(6)24(20,21)15-10-12(16(19)23-9-3)14(22-8-2)11-13(15)17(4)5/h10-11H,7-9H2,1-6H3. The molecule has 1 rings (SSSR count). The van der Waals surface area contributed by atoms with Gasteiger partial charge in [0.25, 0.3) is 0 Å². The maximum atomic E-state index is 12.8. The summed E-state index contributed by atoms with van der Waals surface area (Å²) in [6.07, 6.45) is 0. The van der Waals surface area contributed by atoms with E-state index >= 15 is 0 Å². The summed E-state index contributed by atoms with van der Waals surface area (Å²) in [4.78, 5) is 13.9. The van der Waals surface area contributed by atoms with Crippen LogP contribution in [-0.2, 0) is 14.8 Å². The molecule has 0 aliphatic heterocycles. The van der Waals surface area contributed by atoms with E-state index in [0.717, 1.165) is 0 Å². The molecule has 0 radical (unpaired) electrons. The van der Waals surface area contributed by atoms with Crippen molar-refractivity contribution in [3.8, 4) is 5.75 Å². The minimum absolute atomic E-state index is 0.0448. The molecule has 0 aliphatic carbocycles. The Bertz CT molecular complexity index is 686. The predicted octanol–water partition coefficient (Wildman–Crippen LogP) is 1.97. The second-order valence-corrected chi connectivity index (χ2v) is 7.30. The average molecular weight is 358 g/mol. The van der Waals surface area contributed by atoms with Crippen molar-refractivity contribution in [2.24, 2.45) is 0 Å². The Morgan fingerprint density at radius 3 is 2.17 bits per heavy atom. The van der Waals surface area contributed by atoms with Crippen molar-refractivity contribution >= 4 is 21.7 Å². The molecule has 0 saturated carbocycles. The normalized spacial score (nSPS) is 11.5. The summed E-state index contributed by atoms with van der Waals surface area (Å²) in [5, 5.41) is 0. The van der Waals surface area contributed by atoms with Crippen LogP contribution in [0.25, 0.3) is 0 Å². The molecule has 1 aromatic rings. The van der Waals surface area contributed by atoms with E-state index in [-0.39, 0.29) is 17.1 Å². The molecule has 7 nitrogen and oxygen atoms in total. The zero-order valence-corrected chi connectivity index (χ0v) is 15.9. The first-order valence-corrected chi connectivity index (χ1v) is 9.26. The van der Waals surface area contributed by atoms with Gasteiger partial charge in [-0.2, -0.15) is 0 Å². The Morgan fingerprint density at radius 2 is 1.71 bits per heavy atom. The second kappa shape index (κ2) is 8.34. The van der Waals surface area contributed by atoms with Crippen LogP contribution in [0.3, 0.4) is 0 Å². The molecule has 0 amide bonds. The number of ether oxygens (including phenoxy) is 2. The fraction of sp³-hybridized carbons (Fsp3) is 0.562. The van der Waals surface area contributed by atoms with Crippen LogP contribution in [0.15, 0.2) is 17.0 Å². The van der Waals surface area contributed by atoms with E-state index in [1.54, 1.807) is 45.8 Å². The molecule has 8 heteroatoms. The first kappa shape index (κ1) is 20.2. The lowest BCUT2D eigenvalue weighted by atomic mass is 10.1.